The SMILES string of the molecule is Cc1cc(C)cc(CC2(C(=O)O)CCOC2C)c1. The van der Waals surface area contributed by atoms with Crippen LogP contribution in [-0.4, -0.2) is 23.8 Å². The molecule has 2 rings (SSSR count). The number of carboxylic acids is 1. The highest BCUT2D eigenvalue weighted by molar-refractivity contribution is 5.76. The summed E-state index contributed by atoms with van der Waals surface area (Å²) in [5.74, 6) is -0.744. The van der Waals surface area contributed by atoms with Gasteiger partial charge in [0.25, 0.3) is 0 Å². The van der Waals surface area contributed by atoms with Crippen LogP contribution in [0, 0.1) is 19.3 Å². The van der Waals surface area contributed by atoms with Gasteiger partial charge in [0.2, 0.25) is 0 Å². The summed E-state index contributed by atoms with van der Waals surface area (Å²) in [5.41, 5.74) is 2.68. The summed E-state index contributed by atoms with van der Waals surface area (Å²) in [6, 6.07) is 6.25. The van der Waals surface area contributed by atoms with Crippen molar-refractivity contribution in [1.82, 2.24) is 0 Å². The maximum atomic E-state index is 11.6. The van der Waals surface area contributed by atoms with Crippen LogP contribution in [-0.2, 0) is 16.0 Å². The van der Waals surface area contributed by atoms with Gasteiger partial charge in [-0.3, -0.25) is 4.79 Å². The van der Waals surface area contributed by atoms with E-state index in [-0.39, 0.29) is 6.10 Å². The maximum absolute atomic E-state index is 11.6. The molecule has 1 aliphatic heterocycles. The summed E-state index contributed by atoms with van der Waals surface area (Å²) in [5, 5.41) is 9.55. The number of aryl methyl sites for hydroxylation is 2. The average molecular weight is 248 g/mol. The number of carbonyl (C=O) groups is 1. The van der Waals surface area contributed by atoms with E-state index >= 15 is 0 Å². The second-order valence-corrected chi connectivity index (χ2v) is 5.40. The molecular weight excluding hydrogens is 228 g/mol. The Labute approximate surface area is 108 Å². The van der Waals surface area contributed by atoms with Gasteiger partial charge in [0, 0.05) is 6.61 Å². The van der Waals surface area contributed by atoms with Gasteiger partial charge in [-0.1, -0.05) is 29.3 Å². The summed E-state index contributed by atoms with van der Waals surface area (Å²) in [4.78, 5) is 11.6. The summed E-state index contributed by atoms with van der Waals surface area (Å²) < 4.78 is 5.48. The fourth-order valence-corrected chi connectivity index (χ4v) is 2.90. The quantitative estimate of drug-likeness (QED) is 0.894. The van der Waals surface area contributed by atoms with Crippen LogP contribution in [0.1, 0.15) is 30.0 Å². The van der Waals surface area contributed by atoms with Crippen LogP contribution in [0.5, 0.6) is 0 Å². The number of rotatable bonds is 3. The summed E-state index contributed by atoms with van der Waals surface area (Å²) in [6.45, 7) is 6.49. The molecule has 1 saturated heterocycles. The lowest BCUT2D eigenvalue weighted by Gasteiger charge is -2.27. The van der Waals surface area contributed by atoms with E-state index in [0.29, 0.717) is 19.4 Å². The van der Waals surface area contributed by atoms with Crippen LogP contribution < -0.4 is 0 Å². The monoisotopic (exact) mass is 248 g/mol. The molecule has 1 aromatic rings. The smallest absolute Gasteiger partial charge is 0.312 e. The first kappa shape index (κ1) is 13.1. The van der Waals surface area contributed by atoms with E-state index in [1.807, 2.05) is 20.8 Å². The lowest BCUT2D eigenvalue weighted by Crippen LogP contribution is -2.39. The minimum Gasteiger partial charge on any atom is -0.481 e. The molecule has 3 nitrogen and oxygen atoms in total. The van der Waals surface area contributed by atoms with E-state index in [1.165, 1.54) is 11.1 Å². The molecule has 0 aromatic heterocycles. The van der Waals surface area contributed by atoms with Crippen molar-refractivity contribution < 1.29 is 14.6 Å². The van der Waals surface area contributed by atoms with Gasteiger partial charge < -0.3 is 9.84 Å². The van der Waals surface area contributed by atoms with Gasteiger partial charge in [0.15, 0.2) is 0 Å². The van der Waals surface area contributed by atoms with Crippen molar-refractivity contribution in [3.8, 4) is 0 Å². The number of aliphatic carboxylic acids is 1. The minimum absolute atomic E-state index is 0.226. The molecule has 0 bridgehead atoms. The Hall–Kier alpha value is -1.35. The van der Waals surface area contributed by atoms with Crippen LogP contribution in [0.2, 0.25) is 0 Å². The third kappa shape index (κ3) is 2.27. The van der Waals surface area contributed by atoms with E-state index in [4.69, 9.17) is 4.74 Å². The van der Waals surface area contributed by atoms with E-state index in [0.717, 1.165) is 5.56 Å². The first-order valence-electron chi connectivity index (χ1n) is 6.36. The topological polar surface area (TPSA) is 46.5 Å². The van der Waals surface area contributed by atoms with Crippen molar-refractivity contribution in [3.05, 3.63) is 34.9 Å². The van der Waals surface area contributed by atoms with E-state index in [2.05, 4.69) is 18.2 Å². The maximum Gasteiger partial charge on any atom is 0.312 e. The van der Waals surface area contributed by atoms with Gasteiger partial charge in [-0.2, -0.15) is 0 Å². The van der Waals surface area contributed by atoms with Gasteiger partial charge in [-0.15, -0.1) is 0 Å². The average Bonchev–Trinajstić information content (AvgIpc) is 2.59. The second-order valence-electron chi connectivity index (χ2n) is 5.40. The highest BCUT2D eigenvalue weighted by Crippen LogP contribution is 2.38. The van der Waals surface area contributed by atoms with Crippen LogP contribution in [0.15, 0.2) is 18.2 Å². The molecule has 0 saturated carbocycles. The predicted octanol–water partition coefficient (Wildman–Crippen LogP) is 2.73. The summed E-state index contributed by atoms with van der Waals surface area (Å²) in [6.07, 6.45) is 0.915. The highest BCUT2D eigenvalue weighted by Gasteiger charge is 2.48. The Morgan fingerprint density at radius 3 is 2.44 bits per heavy atom. The Morgan fingerprint density at radius 2 is 2.00 bits per heavy atom. The third-order valence-corrected chi connectivity index (χ3v) is 3.92. The molecule has 0 amide bonds. The highest BCUT2D eigenvalue weighted by atomic mass is 16.5. The molecule has 1 aliphatic rings. The lowest BCUT2D eigenvalue weighted by molar-refractivity contribution is -0.151. The van der Waals surface area contributed by atoms with Gasteiger partial charge >= 0.3 is 5.97 Å². The van der Waals surface area contributed by atoms with Crippen molar-refractivity contribution in [2.45, 2.75) is 39.7 Å². The standard InChI is InChI=1S/C15H20O3/c1-10-6-11(2)8-13(7-10)9-15(14(16)17)4-5-18-12(15)3/h6-8,12H,4-5,9H2,1-3H3,(H,16,17). The molecule has 3 heteroatoms. The van der Waals surface area contributed by atoms with Gasteiger partial charge in [0.05, 0.1) is 11.5 Å². The zero-order valence-corrected chi connectivity index (χ0v) is 11.2. The molecule has 2 atom stereocenters. The Morgan fingerprint density at radius 1 is 1.39 bits per heavy atom. The first-order valence-corrected chi connectivity index (χ1v) is 6.36. The number of ether oxygens (including phenoxy) is 1. The predicted molar refractivity (Wildman–Crippen MR) is 69.7 cm³/mol. The molecule has 18 heavy (non-hydrogen) atoms. The van der Waals surface area contributed by atoms with E-state index < -0.39 is 11.4 Å². The lowest BCUT2D eigenvalue weighted by atomic mass is 9.76. The Bertz CT molecular complexity index is 447. The van der Waals surface area contributed by atoms with Crippen LogP contribution in [0.25, 0.3) is 0 Å². The molecule has 0 spiro atoms. The molecule has 1 aromatic carbocycles. The fraction of sp³-hybridized carbons (Fsp3) is 0.533. The number of hydrogen-bond donors (Lipinski definition) is 1. The molecule has 1 fully saturated rings. The largest absolute Gasteiger partial charge is 0.481 e. The molecule has 2 unspecified atom stereocenters. The molecule has 1 N–H and O–H groups in total. The van der Waals surface area contributed by atoms with Crippen molar-refractivity contribution in [1.29, 1.82) is 0 Å². The number of hydrogen-bond acceptors (Lipinski definition) is 2. The molecule has 98 valence electrons. The Balaban J connectivity index is 2.32. The zero-order chi connectivity index (χ0) is 13.3. The van der Waals surface area contributed by atoms with Gasteiger partial charge in [-0.25, -0.2) is 0 Å². The van der Waals surface area contributed by atoms with E-state index in [9.17, 15) is 9.90 Å². The third-order valence-electron chi connectivity index (χ3n) is 3.92. The fourth-order valence-electron chi connectivity index (χ4n) is 2.90. The molecular formula is C15H20O3. The first-order chi connectivity index (χ1) is 8.44. The van der Waals surface area contributed by atoms with Crippen LogP contribution >= 0.6 is 0 Å². The second kappa shape index (κ2) is 4.73. The summed E-state index contributed by atoms with van der Waals surface area (Å²) >= 11 is 0. The van der Waals surface area contributed by atoms with Gasteiger partial charge in [-0.05, 0) is 39.2 Å². The van der Waals surface area contributed by atoms with E-state index in [1.54, 1.807) is 0 Å². The van der Waals surface area contributed by atoms with Crippen molar-refractivity contribution >= 4 is 5.97 Å². The number of carboxylic acid groups (broad SMARTS) is 1. The molecule has 1 heterocycles. The van der Waals surface area contributed by atoms with Crippen molar-refractivity contribution in [2.75, 3.05) is 6.61 Å². The number of benzene rings is 1. The molecule has 0 aliphatic carbocycles. The van der Waals surface area contributed by atoms with Crippen LogP contribution in [0.4, 0.5) is 0 Å². The zero-order valence-electron chi connectivity index (χ0n) is 11.2. The normalized spacial score (nSPS) is 27.4. The van der Waals surface area contributed by atoms with Crippen LogP contribution in [0.3, 0.4) is 0 Å². The van der Waals surface area contributed by atoms with Crippen molar-refractivity contribution in [3.63, 3.8) is 0 Å². The minimum atomic E-state index is -0.764. The summed E-state index contributed by atoms with van der Waals surface area (Å²) in [7, 11) is 0. The Kier molecular flexibility index (Phi) is 3.44. The van der Waals surface area contributed by atoms with Crippen molar-refractivity contribution in [2.24, 2.45) is 5.41 Å². The molecule has 0 radical (unpaired) electrons. The van der Waals surface area contributed by atoms with Gasteiger partial charge in [0.1, 0.15) is 0 Å².